The van der Waals surface area contributed by atoms with E-state index in [2.05, 4.69) is 10.6 Å². The van der Waals surface area contributed by atoms with Gasteiger partial charge in [0.25, 0.3) is 5.56 Å². The summed E-state index contributed by atoms with van der Waals surface area (Å²) in [5.74, 6) is -0.298. The molecule has 1 rings (SSSR count). The number of carbonyl (C=O) groups is 2. The lowest BCUT2D eigenvalue weighted by Gasteiger charge is -2.08. The molecule has 0 saturated heterocycles. The monoisotopic (exact) mass is 265 g/mol. The van der Waals surface area contributed by atoms with Crippen LogP contribution in [0, 0.1) is 6.92 Å². The zero-order chi connectivity index (χ0) is 14.3. The van der Waals surface area contributed by atoms with Gasteiger partial charge in [0.15, 0.2) is 0 Å². The van der Waals surface area contributed by atoms with Crippen LogP contribution in [-0.4, -0.2) is 29.5 Å². The average molecular weight is 265 g/mol. The van der Waals surface area contributed by atoms with Crippen molar-refractivity contribution in [3.05, 3.63) is 34.2 Å². The normalized spacial score (nSPS) is 10.0. The molecule has 0 aromatic carbocycles. The zero-order valence-corrected chi connectivity index (χ0v) is 11.2. The SMILES string of the molecule is CC(=O)NCCCNC(=O)Cn1cccc(C)c1=O. The van der Waals surface area contributed by atoms with Gasteiger partial charge in [-0.15, -0.1) is 0 Å². The van der Waals surface area contributed by atoms with E-state index in [1.165, 1.54) is 11.5 Å². The number of hydrogen-bond donors (Lipinski definition) is 2. The minimum Gasteiger partial charge on any atom is -0.356 e. The first-order valence-corrected chi connectivity index (χ1v) is 6.18. The lowest BCUT2D eigenvalue weighted by Crippen LogP contribution is -2.34. The molecule has 0 aliphatic rings. The van der Waals surface area contributed by atoms with Crippen LogP contribution < -0.4 is 16.2 Å². The Morgan fingerprint density at radius 1 is 1.26 bits per heavy atom. The van der Waals surface area contributed by atoms with E-state index in [4.69, 9.17) is 0 Å². The van der Waals surface area contributed by atoms with E-state index in [1.807, 2.05) is 0 Å². The van der Waals surface area contributed by atoms with E-state index in [0.717, 1.165) is 0 Å². The van der Waals surface area contributed by atoms with Crippen molar-refractivity contribution in [1.82, 2.24) is 15.2 Å². The number of rotatable bonds is 6. The Bertz CT molecular complexity index is 508. The van der Waals surface area contributed by atoms with Crippen molar-refractivity contribution in [1.29, 1.82) is 0 Å². The predicted molar refractivity (Wildman–Crippen MR) is 71.7 cm³/mol. The summed E-state index contributed by atoms with van der Waals surface area (Å²) in [5.41, 5.74) is 0.455. The Kier molecular flexibility index (Phi) is 5.78. The highest BCUT2D eigenvalue weighted by Gasteiger charge is 2.04. The van der Waals surface area contributed by atoms with E-state index in [0.29, 0.717) is 25.1 Å². The van der Waals surface area contributed by atoms with E-state index < -0.39 is 0 Å². The summed E-state index contributed by atoms with van der Waals surface area (Å²) < 4.78 is 1.37. The van der Waals surface area contributed by atoms with Gasteiger partial charge in [-0.05, 0) is 19.4 Å². The van der Waals surface area contributed by atoms with Crippen molar-refractivity contribution in [3.63, 3.8) is 0 Å². The fraction of sp³-hybridized carbons (Fsp3) is 0.462. The van der Waals surface area contributed by atoms with Gasteiger partial charge >= 0.3 is 0 Å². The average Bonchev–Trinajstić information content (AvgIpc) is 2.34. The number of amides is 2. The van der Waals surface area contributed by atoms with Crippen LogP contribution in [0.4, 0.5) is 0 Å². The summed E-state index contributed by atoms with van der Waals surface area (Å²) in [6.45, 7) is 4.17. The second-order valence-electron chi connectivity index (χ2n) is 4.31. The molecular weight excluding hydrogens is 246 g/mol. The van der Waals surface area contributed by atoms with Gasteiger partial charge in [0.1, 0.15) is 6.54 Å². The first kappa shape index (κ1) is 14.9. The highest BCUT2D eigenvalue weighted by Crippen LogP contribution is 1.89. The number of hydrogen-bond acceptors (Lipinski definition) is 3. The maximum atomic E-state index is 11.7. The number of nitrogens with zero attached hydrogens (tertiary/aromatic N) is 1. The van der Waals surface area contributed by atoms with Crippen LogP contribution in [0.25, 0.3) is 0 Å². The zero-order valence-electron chi connectivity index (χ0n) is 11.2. The maximum Gasteiger partial charge on any atom is 0.253 e. The van der Waals surface area contributed by atoms with E-state index in [-0.39, 0.29) is 23.9 Å². The molecule has 0 aliphatic heterocycles. The Morgan fingerprint density at radius 2 is 1.95 bits per heavy atom. The molecule has 2 amide bonds. The molecule has 1 aromatic rings. The van der Waals surface area contributed by atoms with E-state index >= 15 is 0 Å². The van der Waals surface area contributed by atoms with Gasteiger partial charge in [0.05, 0.1) is 0 Å². The third kappa shape index (κ3) is 5.37. The molecule has 104 valence electrons. The molecule has 1 aromatic heterocycles. The van der Waals surface area contributed by atoms with Gasteiger partial charge in [-0.2, -0.15) is 0 Å². The minimum atomic E-state index is -0.212. The van der Waals surface area contributed by atoms with Gasteiger partial charge < -0.3 is 15.2 Å². The standard InChI is InChI=1S/C13H19N3O3/c1-10-5-3-8-16(13(10)19)9-12(18)15-7-4-6-14-11(2)17/h3,5,8H,4,6-7,9H2,1-2H3,(H,14,17)(H,15,18). The van der Waals surface area contributed by atoms with Gasteiger partial charge in [-0.3, -0.25) is 14.4 Å². The smallest absolute Gasteiger partial charge is 0.253 e. The fourth-order valence-electron chi connectivity index (χ4n) is 1.57. The number of carbonyl (C=O) groups excluding carboxylic acids is 2. The van der Waals surface area contributed by atoms with Crippen LogP contribution in [0.15, 0.2) is 23.1 Å². The van der Waals surface area contributed by atoms with Crippen molar-refractivity contribution in [3.8, 4) is 0 Å². The highest BCUT2D eigenvalue weighted by atomic mass is 16.2. The molecule has 0 fully saturated rings. The van der Waals surface area contributed by atoms with Crippen LogP contribution in [-0.2, 0) is 16.1 Å². The molecule has 0 aliphatic carbocycles. The summed E-state index contributed by atoms with van der Waals surface area (Å²) in [7, 11) is 0. The number of nitrogens with one attached hydrogen (secondary N) is 2. The lowest BCUT2D eigenvalue weighted by molar-refractivity contribution is -0.121. The summed E-state index contributed by atoms with van der Waals surface area (Å²) in [6.07, 6.45) is 2.25. The van der Waals surface area contributed by atoms with Crippen molar-refractivity contribution in [2.45, 2.75) is 26.8 Å². The van der Waals surface area contributed by atoms with Crippen molar-refractivity contribution in [2.24, 2.45) is 0 Å². The Balaban J connectivity index is 2.33. The molecule has 6 nitrogen and oxygen atoms in total. The predicted octanol–water partition coefficient (Wildman–Crippen LogP) is -0.201. The van der Waals surface area contributed by atoms with Crippen LogP contribution in [0.2, 0.25) is 0 Å². The first-order valence-electron chi connectivity index (χ1n) is 6.18. The third-order valence-electron chi connectivity index (χ3n) is 2.57. The topological polar surface area (TPSA) is 80.2 Å². The van der Waals surface area contributed by atoms with Crippen LogP contribution in [0.1, 0.15) is 18.9 Å². The molecule has 0 atom stereocenters. The molecule has 0 spiro atoms. The molecule has 0 radical (unpaired) electrons. The second-order valence-corrected chi connectivity index (χ2v) is 4.31. The first-order chi connectivity index (χ1) is 9.00. The largest absolute Gasteiger partial charge is 0.356 e. The van der Waals surface area contributed by atoms with Gasteiger partial charge in [-0.1, -0.05) is 6.07 Å². The fourth-order valence-corrected chi connectivity index (χ4v) is 1.57. The second kappa shape index (κ2) is 7.35. The van der Waals surface area contributed by atoms with Gasteiger partial charge in [-0.25, -0.2) is 0 Å². The minimum absolute atomic E-state index is 0.0145. The molecule has 2 N–H and O–H groups in total. The lowest BCUT2D eigenvalue weighted by atomic mass is 10.3. The highest BCUT2D eigenvalue weighted by molar-refractivity contribution is 5.75. The van der Waals surface area contributed by atoms with Crippen molar-refractivity contribution in [2.75, 3.05) is 13.1 Å². The quantitative estimate of drug-likeness (QED) is 0.699. The summed E-state index contributed by atoms with van der Waals surface area (Å²) >= 11 is 0. The molecular formula is C13H19N3O3. The van der Waals surface area contributed by atoms with E-state index in [1.54, 1.807) is 25.3 Å². The maximum absolute atomic E-state index is 11.7. The van der Waals surface area contributed by atoms with Crippen LogP contribution in [0.3, 0.4) is 0 Å². The molecule has 6 heteroatoms. The third-order valence-corrected chi connectivity index (χ3v) is 2.57. The summed E-state index contributed by atoms with van der Waals surface area (Å²) in [5, 5.41) is 5.34. The number of aromatic nitrogens is 1. The van der Waals surface area contributed by atoms with Crippen molar-refractivity contribution >= 4 is 11.8 Å². The molecule has 0 saturated carbocycles. The summed E-state index contributed by atoms with van der Waals surface area (Å²) in [6, 6.07) is 3.45. The van der Waals surface area contributed by atoms with Crippen LogP contribution in [0.5, 0.6) is 0 Å². The number of aryl methyl sites for hydroxylation is 1. The number of pyridine rings is 1. The Morgan fingerprint density at radius 3 is 2.63 bits per heavy atom. The summed E-state index contributed by atoms with van der Waals surface area (Å²) in [4.78, 5) is 33.9. The van der Waals surface area contributed by atoms with Crippen molar-refractivity contribution < 1.29 is 9.59 Å². The molecule has 19 heavy (non-hydrogen) atoms. The molecule has 1 heterocycles. The van der Waals surface area contributed by atoms with Crippen LogP contribution >= 0.6 is 0 Å². The molecule has 0 bridgehead atoms. The molecule has 0 unspecified atom stereocenters. The van der Waals surface area contributed by atoms with Gasteiger partial charge in [0, 0.05) is 31.8 Å². The Hall–Kier alpha value is -2.11. The van der Waals surface area contributed by atoms with Gasteiger partial charge in [0.2, 0.25) is 11.8 Å². The Labute approximate surface area is 111 Å². The van der Waals surface area contributed by atoms with E-state index in [9.17, 15) is 14.4 Å².